The zero-order valence-electron chi connectivity index (χ0n) is 20.1. The number of rotatable bonds is 13. The molecule has 0 saturated heterocycles. The van der Waals surface area contributed by atoms with Gasteiger partial charge in [0.2, 0.25) is 5.91 Å². The van der Waals surface area contributed by atoms with E-state index in [1.807, 2.05) is 49.5 Å². The summed E-state index contributed by atoms with van der Waals surface area (Å²) in [5.74, 6) is -0.270. The van der Waals surface area contributed by atoms with Crippen LogP contribution in [0.15, 0.2) is 71.8 Å². The molecule has 0 unspecified atom stereocenters. The number of hydrogen-bond acceptors (Lipinski definition) is 4. The summed E-state index contributed by atoms with van der Waals surface area (Å²) in [6.07, 6.45) is 15.2. The van der Waals surface area contributed by atoms with E-state index < -0.39 is 5.97 Å². The summed E-state index contributed by atoms with van der Waals surface area (Å²) >= 11 is 0. The number of carboxylic acid groups (broad SMARTS) is 1. The van der Waals surface area contributed by atoms with Crippen LogP contribution in [0.3, 0.4) is 0 Å². The van der Waals surface area contributed by atoms with Crippen LogP contribution < -0.4 is 5.32 Å². The number of likely N-dealkylation sites (N-methyl/N-ethyl adjacent to an activating group) is 1. The van der Waals surface area contributed by atoms with Crippen LogP contribution in [0.25, 0.3) is 0 Å². The van der Waals surface area contributed by atoms with Crippen molar-refractivity contribution in [2.45, 2.75) is 53.4 Å². The third-order valence-corrected chi connectivity index (χ3v) is 5.34. The molecule has 0 fully saturated rings. The van der Waals surface area contributed by atoms with E-state index >= 15 is 0 Å². The highest BCUT2D eigenvalue weighted by Crippen LogP contribution is 2.40. The van der Waals surface area contributed by atoms with Crippen molar-refractivity contribution in [1.82, 2.24) is 10.2 Å². The van der Waals surface area contributed by atoms with Gasteiger partial charge in [-0.3, -0.25) is 9.59 Å². The minimum atomic E-state index is -0.886. The number of allylic oxidation sites excluding steroid dienone is 9. The van der Waals surface area contributed by atoms with Crippen LogP contribution in [-0.2, 0) is 14.3 Å². The smallest absolute Gasteiger partial charge is 0.303 e. The van der Waals surface area contributed by atoms with Gasteiger partial charge in [-0.05, 0) is 43.6 Å². The molecule has 0 aliphatic carbocycles. The largest absolute Gasteiger partial charge is 0.492 e. The van der Waals surface area contributed by atoms with E-state index in [1.165, 1.54) is 5.57 Å². The van der Waals surface area contributed by atoms with Crippen LogP contribution in [0.5, 0.6) is 0 Å². The molecule has 0 spiro atoms. The summed E-state index contributed by atoms with van der Waals surface area (Å²) in [5.41, 5.74) is 3.26. The van der Waals surface area contributed by atoms with Crippen LogP contribution in [0.2, 0.25) is 0 Å². The Labute approximate surface area is 192 Å². The number of nitrogens with one attached hydrogen (secondary N) is 1. The lowest BCUT2D eigenvalue weighted by Gasteiger charge is -2.21. The first-order chi connectivity index (χ1) is 15.1. The van der Waals surface area contributed by atoms with Crippen molar-refractivity contribution >= 4 is 11.9 Å². The molecule has 1 aliphatic heterocycles. The topological polar surface area (TPSA) is 78.9 Å². The Morgan fingerprint density at radius 1 is 1.25 bits per heavy atom. The quantitative estimate of drug-likeness (QED) is 0.307. The van der Waals surface area contributed by atoms with Gasteiger partial charge in [0.05, 0.1) is 6.54 Å². The summed E-state index contributed by atoms with van der Waals surface area (Å²) in [6, 6.07) is 0. The number of carbonyl (C=O) groups excluding carboxylic acids is 1. The molecule has 32 heavy (non-hydrogen) atoms. The van der Waals surface area contributed by atoms with Crippen LogP contribution in [0.1, 0.15) is 53.4 Å². The van der Waals surface area contributed by atoms with Crippen LogP contribution >= 0.6 is 0 Å². The molecule has 1 aliphatic rings. The predicted octanol–water partition coefficient (Wildman–Crippen LogP) is 5.10. The highest BCUT2D eigenvalue weighted by atomic mass is 16.5. The molecule has 2 N–H and O–H groups in total. The normalized spacial score (nSPS) is 17.3. The lowest BCUT2D eigenvalue weighted by atomic mass is 9.83. The van der Waals surface area contributed by atoms with Crippen molar-refractivity contribution < 1.29 is 19.4 Å². The van der Waals surface area contributed by atoms with E-state index in [1.54, 1.807) is 11.9 Å². The summed E-state index contributed by atoms with van der Waals surface area (Å²) in [5, 5.41) is 12.1. The third-order valence-electron chi connectivity index (χ3n) is 5.34. The fourth-order valence-corrected chi connectivity index (χ4v) is 3.39. The van der Waals surface area contributed by atoms with Gasteiger partial charge in [0, 0.05) is 36.7 Å². The number of nitrogens with zero attached hydrogens (tertiary/aromatic N) is 1. The molecule has 0 bridgehead atoms. The van der Waals surface area contributed by atoms with Crippen molar-refractivity contribution in [3.8, 4) is 0 Å². The van der Waals surface area contributed by atoms with Gasteiger partial charge in [-0.25, -0.2) is 0 Å². The molecule has 0 aromatic carbocycles. The summed E-state index contributed by atoms with van der Waals surface area (Å²) in [7, 11) is 1.70. The van der Waals surface area contributed by atoms with E-state index in [2.05, 4.69) is 32.7 Å². The first-order valence-corrected chi connectivity index (χ1v) is 11.1. The number of hydrogen-bond donors (Lipinski definition) is 2. The van der Waals surface area contributed by atoms with E-state index in [-0.39, 0.29) is 24.2 Å². The molecule has 1 rings (SSSR count). The van der Waals surface area contributed by atoms with Gasteiger partial charge < -0.3 is 20.1 Å². The molecular weight excluding hydrogens is 404 g/mol. The molecule has 6 heteroatoms. The first-order valence-electron chi connectivity index (χ1n) is 11.1. The fraction of sp³-hybridized carbons (Fsp3) is 0.462. The maximum absolute atomic E-state index is 12.1. The zero-order chi connectivity index (χ0) is 24.1. The number of carboxylic acids is 1. The van der Waals surface area contributed by atoms with Crippen LogP contribution in [0, 0.1) is 5.41 Å². The molecule has 0 saturated carbocycles. The molecule has 1 amide bonds. The minimum Gasteiger partial charge on any atom is -0.492 e. The second-order valence-electron chi connectivity index (χ2n) is 8.25. The Morgan fingerprint density at radius 3 is 2.56 bits per heavy atom. The standard InChI is InChI=1S/C26H38N2O4/c1-7-9-10-13-21(32-19-18-28(6)24(29)16-12-17-25(30)31)14-11-15-23-26(4,5)22(8-2)20(3)27-23/h8-11,13-15,27H,2,7,12,16-19H2,1,3-6H3,(H,30,31)/b10-9+,14-11+,21-13-,23-15+. The molecule has 6 nitrogen and oxygen atoms in total. The van der Waals surface area contributed by atoms with Gasteiger partial charge >= 0.3 is 5.97 Å². The second-order valence-corrected chi connectivity index (χ2v) is 8.25. The van der Waals surface area contributed by atoms with E-state index in [0.29, 0.717) is 25.3 Å². The Kier molecular flexibility index (Phi) is 11.3. The maximum atomic E-state index is 12.1. The summed E-state index contributed by atoms with van der Waals surface area (Å²) in [4.78, 5) is 24.2. The molecule has 0 aromatic heterocycles. The van der Waals surface area contributed by atoms with Crippen molar-refractivity contribution in [1.29, 1.82) is 0 Å². The monoisotopic (exact) mass is 442 g/mol. The predicted molar refractivity (Wildman–Crippen MR) is 130 cm³/mol. The highest BCUT2D eigenvalue weighted by molar-refractivity contribution is 5.76. The van der Waals surface area contributed by atoms with Gasteiger partial charge in [0.15, 0.2) is 0 Å². The maximum Gasteiger partial charge on any atom is 0.303 e. The van der Waals surface area contributed by atoms with Crippen molar-refractivity contribution in [2.75, 3.05) is 20.2 Å². The third kappa shape index (κ3) is 8.61. The fourth-order valence-electron chi connectivity index (χ4n) is 3.39. The van der Waals surface area contributed by atoms with Gasteiger partial charge in [0.1, 0.15) is 12.4 Å². The highest BCUT2D eigenvalue weighted by Gasteiger charge is 2.33. The van der Waals surface area contributed by atoms with Gasteiger partial charge in [0.25, 0.3) is 0 Å². The average molecular weight is 443 g/mol. The van der Waals surface area contributed by atoms with Crippen molar-refractivity contribution in [3.05, 3.63) is 71.8 Å². The summed E-state index contributed by atoms with van der Waals surface area (Å²) in [6.45, 7) is 13.1. The molecule has 1 heterocycles. The van der Waals surface area contributed by atoms with Crippen LogP contribution in [-0.4, -0.2) is 42.1 Å². The Morgan fingerprint density at radius 2 is 1.97 bits per heavy atom. The van der Waals surface area contributed by atoms with Crippen LogP contribution in [0.4, 0.5) is 0 Å². The lowest BCUT2D eigenvalue weighted by Crippen LogP contribution is -2.29. The molecule has 0 radical (unpaired) electrons. The van der Waals surface area contributed by atoms with E-state index in [4.69, 9.17) is 9.84 Å². The lowest BCUT2D eigenvalue weighted by molar-refractivity contribution is -0.137. The Hall–Kier alpha value is -3.02. The number of carbonyl (C=O) groups is 2. The molecule has 0 aromatic rings. The Bertz CT molecular complexity index is 829. The van der Waals surface area contributed by atoms with Crippen molar-refractivity contribution in [2.24, 2.45) is 5.41 Å². The minimum absolute atomic E-state index is 0.00201. The number of aliphatic carboxylic acids is 1. The average Bonchev–Trinajstić information content (AvgIpc) is 2.94. The second kappa shape index (κ2) is 13.4. The molecule has 176 valence electrons. The number of ether oxygens (including phenoxy) is 1. The van der Waals surface area contributed by atoms with E-state index in [0.717, 1.165) is 17.8 Å². The first kappa shape index (κ1) is 27.0. The van der Waals surface area contributed by atoms with Crippen molar-refractivity contribution in [3.63, 3.8) is 0 Å². The van der Waals surface area contributed by atoms with Gasteiger partial charge in [-0.1, -0.05) is 51.7 Å². The van der Waals surface area contributed by atoms with E-state index in [9.17, 15) is 9.59 Å². The Balaban J connectivity index is 2.71. The number of amides is 1. The summed E-state index contributed by atoms with van der Waals surface area (Å²) < 4.78 is 5.89. The molecular formula is C26H38N2O4. The zero-order valence-corrected chi connectivity index (χ0v) is 20.1. The molecule has 0 atom stereocenters. The van der Waals surface area contributed by atoms with Gasteiger partial charge in [-0.2, -0.15) is 0 Å². The van der Waals surface area contributed by atoms with Gasteiger partial charge in [-0.15, -0.1) is 0 Å². The SMILES string of the molecule is C=CC1=C(C)N/C(=C/C=C/C(=C/C=C/CC)OCCN(C)C(=O)CCCC(=O)O)C1(C)C.